The van der Waals surface area contributed by atoms with E-state index in [2.05, 4.69) is 42.9 Å². The third-order valence-corrected chi connectivity index (χ3v) is 2.49. The maximum atomic E-state index is 5.54. The second kappa shape index (κ2) is 7.33. The molecule has 0 unspecified atom stereocenters. The lowest BCUT2D eigenvalue weighted by Crippen LogP contribution is -2.25. The smallest absolute Gasteiger partial charge is 0.297 e. The molecule has 1 aromatic rings. The van der Waals surface area contributed by atoms with Crippen molar-refractivity contribution in [3.63, 3.8) is 0 Å². The summed E-state index contributed by atoms with van der Waals surface area (Å²) in [6, 6.07) is 1.23. The molecule has 98 valence electrons. The summed E-state index contributed by atoms with van der Waals surface area (Å²) in [6.45, 7) is 11.4. The highest BCUT2D eigenvalue weighted by Crippen LogP contribution is 2.14. The normalized spacial score (nSPS) is 11.1. The molecule has 0 aliphatic carbocycles. The minimum absolute atomic E-state index is 0.470. The summed E-state index contributed by atoms with van der Waals surface area (Å²) in [5.41, 5.74) is 0.978. The fourth-order valence-electron chi connectivity index (χ4n) is 1.67. The Morgan fingerprint density at radius 2 is 1.94 bits per heavy atom. The SMILES string of the molecule is CCCN(CCC)c1nc(CNC(C)C)co1. The minimum Gasteiger partial charge on any atom is -0.432 e. The van der Waals surface area contributed by atoms with Gasteiger partial charge in [-0.2, -0.15) is 4.98 Å². The Kier molecular flexibility index (Phi) is 6.05. The van der Waals surface area contributed by atoms with Gasteiger partial charge in [0.05, 0.1) is 5.69 Å². The second-order valence-corrected chi connectivity index (χ2v) is 4.64. The summed E-state index contributed by atoms with van der Waals surface area (Å²) < 4.78 is 5.54. The molecule has 4 nitrogen and oxygen atoms in total. The zero-order valence-corrected chi connectivity index (χ0v) is 11.5. The molecule has 1 aromatic heterocycles. The second-order valence-electron chi connectivity index (χ2n) is 4.64. The van der Waals surface area contributed by atoms with E-state index >= 15 is 0 Å². The van der Waals surface area contributed by atoms with Gasteiger partial charge in [-0.05, 0) is 12.8 Å². The van der Waals surface area contributed by atoms with E-state index in [-0.39, 0.29) is 0 Å². The molecule has 0 aliphatic heterocycles. The summed E-state index contributed by atoms with van der Waals surface area (Å²) in [7, 11) is 0. The predicted octanol–water partition coefficient (Wildman–Crippen LogP) is 2.80. The molecule has 1 heterocycles. The van der Waals surface area contributed by atoms with Gasteiger partial charge in [0.25, 0.3) is 6.01 Å². The molecule has 0 saturated carbocycles. The van der Waals surface area contributed by atoms with E-state index in [4.69, 9.17) is 4.42 Å². The molecule has 0 spiro atoms. The van der Waals surface area contributed by atoms with Crippen LogP contribution in [0.5, 0.6) is 0 Å². The standard InChI is InChI=1S/C13H25N3O/c1-5-7-16(8-6-2)13-15-12(10-17-13)9-14-11(3)4/h10-11,14H,5-9H2,1-4H3. The molecular weight excluding hydrogens is 214 g/mol. The van der Waals surface area contributed by atoms with Crippen LogP contribution in [0, 0.1) is 0 Å². The summed E-state index contributed by atoms with van der Waals surface area (Å²) in [5.74, 6) is 0. The van der Waals surface area contributed by atoms with Crippen molar-refractivity contribution >= 4 is 6.01 Å². The molecular formula is C13H25N3O. The van der Waals surface area contributed by atoms with Gasteiger partial charge in [-0.25, -0.2) is 0 Å². The third kappa shape index (κ3) is 4.77. The Morgan fingerprint density at radius 1 is 1.29 bits per heavy atom. The van der Waals surface area contributed by atoms with Gasteiger partial charge in [0, 0.05) is 25.7 Å². The minimum atomic E-state index is 0.470. The van der Waals surface area contributed by atoms with Crippen LogP contribution in [-0.4, -0.2) is 24.1 Å². The molecule has 0 radical (unpaired) electrons. The monoisotopic (exact) mass is 239 g/mol. The molecule has 0 aliphatic rings. The molecule has 0 saturated heterocycles. The highest BCUT2D eigenvalue weighted by molar-refractivity contribution is 5.26. The quantitative estimate of drug-likeness (QED) is 0.757. The molecule has 0 atom stereocenters. The number of nitrogens with zero attached hydrogens (tertiary/aromatic N) is 2. The molecule has 1 rings (SSSR count). The zero-order chi connectivity index (χ0) is 12.7. The molecule has 0 fully saturated rings. The van der Waals surface area contributed by atoms with Crippen LogP contribution in [0.15, 0.2) is 10.7 Å². The summed E-state index contributed by atoms with van der Waals surface area (Å²) in [5, 5.41) is 3.34. The van der Waals surface area contributed by atoms with E-state index in [0.29, 0.717) is 6.04 Å². The van der Waals surface area contributed by atoms with Crippen molar-refractivity contribution in [1.82, 2.24) is 10.3 Å². The van der Waals surface area contributed by atoms with Gasteiger partial charge in [-0.3, -0.25) is 0 Å². The highest BCUT2D eigenvalue weighted by atomic mass is 16.4. The van der Waals surface area contributed by atoms with Gasteiger partial charge in [0.1, 0.15) is 6.26 Å². The van der Waals surface area contributed by atoms with E-state index in [9.17, 15) is 0 Å². The maximum Gasteiger partial charge on any atom is 0.297 e. The Hall–Kier alpha value is -1.03. The van der Waals surface area contributed by atoms with Crippen molar-refractivity contribution in [2.24, 2.45) is 0 Å². The first-order valence-corrected chi connectivity index (χ1v) is 6.60. The molecule has 0 aromatic carbocycles. The first-order chi connectivity index (χ1) is 8.17. The van der Waals surface area contributed by atoms with Gasteiger partial charge >= 0.3 is 0 Å². The van der Waals surface area contributed by atoms with Crippen molar-refractivity contribution in [3.8, 4) is 0 Å². The molecule has 17 heavy (non-hydrogen) atoms. The van der Waals surface area contributed by atoms with Crippen LogP contribution in [0.1, 0.15) is 46.2 Å². The van der Waals surface area contributed by atoms with Crippen LogP contribution < -0.4 is 10.2 Å². The van der Waals surface area contributed by atoms with Crippen molar-refractivity contribution in [3.05, 3.63) is 12.0 Å². The lowest BCUT2D eigenvalue weighted by atomic mass is 10.3. The van der Waals surface area contributed by atoms with Crippen molar-refractivity contribution in [2.45, 2.75) is 53.1 Å². The summed E-state index contributed by atoms with van der Waals surface area (Å²) >= 11 is 0. The number of hydrogen-bond donors (Lipinski definition) is 1. The largest absolute Gasteiger partial charge is 0.432 e. The summed E-state index contributed by atoms with van der Waals surface area (Å²) in [6.07, 6.45) is 3.98. The Bertz CT molecular complexity index is 303. The number of hydrogen-bond acceptors (Lipinski definition) is 4. The van der Waals surface area contributed by atoms with E-state index in [1.807, 2.05) is 0 Å². The number of aromatic nitrogens is 1. The average molecular weight is 239 g/mol. The Morgan fingerprint density at radius 3 is 2.47 bits per heavy atom. The van der Waals surface area contributed by atoms with Crippen LogP contribution in [-0.2, 0) is 6.54 Å². The van der Waals surface area contributed by atoms with Gasteiger partial charge in [-0.15, -0.1) is 0 Å². The average Bonchev–Trinajstić information content (AvgIpc) is 2.74. The highest BCUT2D eigenvalue weighted by Gasteiger charge is 2.11. The van der Waals surface area contributed by atoms with Crippen LogP contribution in [0.25, 0.3) is 0 Å². The van der Waals surface area contributed by atoms with Crippen LogP contribution in [0.3, 0.4) is 0 Å². The first kappa shape index (κ1) is 14.0. The Labute approximate surface area is 104 Å². The Balaban J connectivity index is 2.57. The van der Waals surface area contributed by atoms with Crippen LogP contribution in [0.4, 0.5) is 6.01 Å². The number of anilines is 1. The number of rotatable bonds is 8. The topological polar surface area (TPSA) is 41.3 Å². The van der Waals surface area contributed by atoms with Crippen LogP contribution >= 0.6 is 0 Å². The van der Waals surface area contributed by atoms with Crippen molar-refractivity contribution in [2.75, 3.05) is 18.0 Å². The van der Waals surface area contributed by atoms with Gasteiger partial charge in [0.15, 0.2) is 0 Å². The lowest BCUT2D eigenvalue weighted by molar-refractivity contribution is 0.526. The number of nitrogens with one attached hydrogen (secondary N) is 1. The van der Waals surface area contributed by atoms with Crippen molar-refractivity contribution in [1.29, 1.82) is 0 Å². The molecule has 0 bridgehead atoms. The van der Waals surface area contributed by atoms with Gasteiger partial charge < -0.3 is 14.6 Å². The summed E-state index contributed by atoms with van der Waals surface area (Å²) in [4.78, 5) is 6.72. The fraction of sp³-hybridized carbons (Fsp3) is 0.769. The maximum absolute atomic E-state index is 5.54. The fourth-order valence-corrected chi connectivity index (χ4v) is 1.67. The zero-order valence-electron chi connectivity index (χ0n) is 11.5. The molecule has 4 heteroatoms. The molecule has 0 amide bonds. The molecule has 1 N–H and O–H groups in total. The van der Waals surface area contributed by atoms with E-state index in [0.717, 1.165) is 44.2 Å². The van der Waals surface area contributed by atoms with E-state index < -0.39 is 0 Å². The van der Waals surface area contributed by atoms with Gasteiger partial charge in [0.2, 0.25) is 0 Å². The number of oxazole rings is 1. The third-order valence-electron chi connectivity index (χ3n) is 2.49. The predicted molar refractivity (Wildman–Crippen MR) is 71.3 cm³/mol. The lowest BCUT2D eigenvalue weighted by Gasteiger charge is -2.18. The van der Waals surface area contributed by atoms with E-state index in [1.54, 1.807) is 6.26 Å². The first-order valence-electron chi connectivity index (χ1n) is 6.60. The van der Waals surface area contributed by atoms with Crippen LogP contribution in [0.2, 0.25) is 0 Å². The van der Waals surface area contributed by atoms with Crippen molar-refractivity contribution < 1.29 is 4.42 Å². The van der Waals surface area contributed by atoms with Gasteiger partial charge in [-0.1, -0.05) is 27.7 Å². The van der Waals surface area contributed by atoms with E-state index in [1.165, 1.54) is 0 Å².